The second-order valence-electron chi connectivity index (χ2n) is 12.0. The standard InChI is InChI=1S/C40H55N4O6P/c1-3-4-5-6-7-8-9-10-11-12-13-14-15-16-17-18-19-20-24-27-38(45)41-31-32-42-51(47,50-36-25-22-21-23-26-36)48-34-37-28-29-39(49-37)44-33-30-35(2)43-40(44)46/h4-5,7-8,10-11,13-14,16-17,19-23,25-26,30,33,37,39H,3,6,9,12,15,18,24,27-29,31-32,34H2,1-2H3,(H,41,45)(H,42,47)/b5-4-,8-7-,11-10-,14-13-,17-16-,20-19-. The Balaban J connectivity index is 1.29. The number of hydrogen-bond acceptors (Lipinski definition) is 7. The van der Waals surface area contributed by atoms with Crippen molar-refractivity contribution in [2.75, 3.05) is 19.7 Å². The minimum Gasteiger partial charge on any atom is -0.413 e. The number of hydrogen-bond donors (Lipinski definition) is 2. The molecular formula is C40H55N4O6P. The van der Waals surface area contributed by atoms with Gasteiger partial charge < -0.3 is 14.6 Å². The highest BCUT2D eigenvalue weighted by atomic mass is 31.2. The Morgan fingerprint density at radius 1 is 0.882 bits per heavy atom. The van der Waals surface area contributed by atoms with Gasteiger partial charge in [-0.3, -0.25) is 13.9 Å². The van der Waals surface area contributed by atoms with Crippen LogP contribution in [0.4, 0.5) is 0 Å². The molecule has 0 saturated carbocycles. The van der Waals surface area contributed by atoms with E-state index in [9.17, 15) is 14.2 Å². The summed E-state index contributed by atoms with van der Waals surface area (Å²) in [6.45, 7) is 4.33. The summed E-state index contributed by atoms with van der Waals surface area (Å²) in [7, 11) is -3.81. The van der Waals surface area contributed by atoms with E-state index in [4.69, 9.17) is 13.8 Å². The van der Waals surface area contributed by atoms with E-state index in [0.717, 1.165) is 38.5 Å². The number of amides is 1. The van der Waals surface area contributed by atoms with Gasteiger partial charge in [-0.15, -0.1) is 0 Å². The summed E-state index contributed by atoms with van der Waals surface area (Å²) in [5.41, 5.74) is 0.265. The van der Waals surface area contributed by atoms with Gasteiger partial charge in [-0.1, -0.05) is 98.0 Å². The molecule has 0 spiro atoms. The van der Waals surface area contributed by atoms with E-state index in [1.165, 1.54) is 4.57 Å². The highest BCUT2D eigenvalue weighted by molar-refractivity contribution is 7.52. The van der Waals surface area contributed by atoms with Crippen molar-refractivity contribution in [1.29, 1.82) is 0 Å². The summed E-state index contributed by atoms with van der Waals surface area (Å²) in [4.78, 5) is 28.6. The SMILES string of the molecule is CC/C=C\C/C=C\C/C=C\C/C=C\C/C=C\C/C=C\CCC(=O)NCCNP(=O)(OCC1CCC(n2ccc(C)nc2=O)O1)Oc1ccccc1. The Kier molecular flexibility index (Phi) is 20.2. The molecule has 11 heteroatoms. The fourth-order valence-corrected chi connectivity index (χ4v) is 6.33. The predicted octanol–water partition coefficient (Wildman–Crippen LogP) is 8.62. The third kappa shape index (κ3) is 18.1. The first-order valence-electron chi connectivity index (χ1n) is 18.0. The predicted molar refractivity (Wildman–Crippen MR) is 205 cm³/mol. The van der Waals surface area contributed by atoms with Crippen molar-refractivity contribution in [1.82, 2.24) is 20.0 Å². The van der Waals surface area contributed by atoms with E-state index in [1.807, 2.05) is 12.1 Å². The van der Waals surface area contributed by atoms with Gasteiger partial charge in [0.2, 0.25) is 5.91 Å². The van der Waals surface area contributed by atoms with Gasteiger partial charge in [-0.2, -0.15) is 4.98 Å². The minimum absolute atomic E-state index is 0.0000319. The van der Waals surface area contributed by atoms with Gasteiger partial charge in [0.05, 0.1) is 12.7 Å². The molecule has 0 aliphatic carbocycles. The largest absolute Gasteiger partial charge is 0.458 e. The average Bonchev–Trinajstić information content (AvgIpc) is 3.59. The molecule has 2 N–H and O–H groups in total. The lowest BCUT2D eigenvalue weighted by molar-refractivity contribution is -0.120. The maximum atomic E-state index is 13.7. The van der Waals surface area contributed by atoms with Crippen LogP contribution >= 0.6 is 7.75 Å². The van der Waals surface area contributed by atoms with E-state index in [2.05, 4.69) is 89.1 Å². The van der Waals surface area contributed by atoms with Crippen LogP contribution in [-0.4, -0.2) is 41.3 Å². The maximum absolute atomic E-state index is 13.7. The summed E-state index contributed by atoms with van der Waals surface area (Å²) >= 11 is 0. The summed E-state index contributed by atoms with van der Waals surface area (Å²) in [5, 5.41) is 5.70. The van der Waals surface area contributed by atoms with Gasteiger partial charge >= 0.3 is 13.4 Å². The molecule has 1 saturated heterocycles. The van der Waals surface area contributed by atoms with Crippen molar-refractivity contribution >= 4 is 13.7 Å². The van der Waals surface area contributed by atoms with Gasteiger partial charge in [-0.25, -0.2) is 14.4 Å². The molecule has 0 radical (unpaired) electrons. The first-order valence-corrected chi connectivity index (χ1v) is 19.5. The monoisotopic (exact) mass is 718 g/mol. The molecule has 51 heavy (non-hydrogen) atoms. The van der Waals surface area contributed by atoms with Crippen LogP contribution in [0.2, 0.25) is 0 Å². The fourth-order valence-electron chi connectivity index (χ4n) is 4.97. The van der Waals surface area contributed by atoms with Crippen LogP contribution in [0.3, 0.4) is 0 Å². The van der Waals surface area contributed by atoms with E-state index in [0.29, 0.717) is 37.1 Å². The topological polar surface area (TPSA) is 121 Å². The Morgan fingerprint density at radius 3 is 2.10 bits per heavy atom. The molecule has 2 aromatic rings. The number of nitrogens with one attached hydrogen (secondary N) is 2. The van der Waals surface area contributed by atoms with Gasteiger partial charge in [0, 0.05) is 31.4 Å². The second kappa shape index (κ2) is 25.0. The summed E-state index contributed by atoms with van der Waals surface area (Å²) in [5.74, 6) is 0.290. The van der Waals surface area contributed by atoms with Gasteiger partial charge in [-0.05, 0) is 82.9 Å². The number of para-hydroxylation sites is 1. The van der Waals surface area contributed by atoms with Crippen molar-refractivity contribution in [3.8, 4) is 5.75 Å². The van der Waals surface area contributed by atoms with Gasteiger partial charge in [0.1, 0.15) is 12.0 Å². The first kappa shape index (κ1) is 41.3. The number of rotatable bonds is 24. The van der Waals surface area contributed by atoms with Gasteiger partial charge in [0.25, 0.3) is 0 Å². The lowest BCUT2D eigenvalue weighted by Crippen LogP contribution is -2.32. The molecule has 1 amide bonds. The van der Waals surface area contributed by atoms with Crippen molar-refractivity contribution < 1.29 is 23.1 Å². The fraction of sp³-hybridized carbons (Fsp3) is 0.425. The number of benzene rings is 1. The number of aromatic nitrogens is 2. The first-order chi connectivity index (χ1) is 24.9. The second-order valence-corrected chi connectivity index (χ2v) is 13.7. The summed E-state index contributed by atoms with van der Waals surface area (Å²) in [6, 6.07) is 10.5. The lowest BCUT2D eigenvalue weighted by atomic mass is 10.2. The molecule has 3 rings (SSSR count). The molecule has 1 aromatic heterocycles. The molecule has 3 atom stereocenters. The highest BCUT2D eigenvalue weighted by Gasteiger charge is 2.32. The Morgan fingerprint density at radius 2 is 1.49 bits per heavy atom. The lowest BCUT2D eigenvalue weighted by Gasteiger charge is -2.22. The van der Waals surface area contributed by atoms with E-state index in [1.54, 1.807) is 43.5 Å². The Hall–Kier alpha value is -4.08. The minimum atomic E-state index is -3.81. The molecule has 2 heterocycles. The average molecular weight is 719 g/mol. The van der Waals surface area contributed by atoms with Crippen LogP contribution in [0.1, 0.15) is 83.1 Å². The van der Waals surface area contributed by atoms with Crippen molar-refractivity contribution in [3.05, 3.63) is 132 Å². The van der Waals surface area contributed by atoms with Crippen LogP contribution in [0.25, 0.3) is 0 Å². The highest BCUT2D eigenvalue weighted by Crippen LogP contribution is 2.45. The molecular weight excluding hydrogens is 663 g/mol. The maximum Gasteiger partial charge on any atom is 0.458 e. The number of carbonyl (C=O) groups excluding carboxylic acids is 1. The van der Waals surface area contributed by atoms with Crippen LogP contribution in [0.15, 0.2) is 120 Å². The van der Waals surface area contributed by atoms with Crippen molar-refractivity contribution in [2.24, 2.45) is 0 Å². The van der Waals surface area contributed by atoms with Crippen LogP contribution in [-0.2, 0) is 18.6 Å². The molecule has 1 aliphatic rings. The van der Waals surface area contributed by atoms with Crippen molar-refractivity contribution in [3.63, 3.8) is 0 Å². The molecule has 1 aromatic carbocycles. The third-order valence-electron chi connectivity index (χ3n) is 7.65. The molecule has 0 bridgehead atoms. The zero-order valence-corrected chi connectivity index (χ0v) is 31.0. The number of carbonyl (C=O) groups is 1. The number of aryl methyl sites for hydroxylation is 1. The summed E-state index contributed by atoms with van der Waals surface area (Å²) in [6.07, 6.45) is 34.6. The zero-order chi connectivity index (χ0) is 36.4. The number of ether oxygens (including phenoxy) is 1. The molecule has 3 unspecified atom stereocenters. The quantitative estimate of drug-likeness (QED) is 0.0629. The Labute approximate surface area is 303 Å². The smallest absolute Gasteiger partial charge is 0.413 e. The van der Waals surface area contributed by atoms with Crippen LogP contribution in [0.5, 0.6) is 5.75 Å². The summed E-state index contributed by atoms with van der Waals surface area (Å²) < 4.78 is 32.7. The van der Waals surface area contributed by atoms with Gasteiger partial charge in [0.15, 0.2) is 0 Å². The van der Waals surface area contributed by atoms with E-state index in [-0.39, 0.29) is 37.4 Å². The van der Waals surface area contributed by atoms with Crippen LogP contribution < -0.4 is 20.6 Å². The zero-order valence-electron chi connectivity index (χ0n) is 30.1. The number of nitrogens with zero attached hydrogens (tertiary/aromatic N) is 2. The molecule has 1 fully saturated rings. The normalized spacial score (nSPS) is 17.9. The molecule has 276 valence electrons. The van der Waals surface area contributed by atoms with Crippen molar-refractivity contribution in [2.45, 2.75) is 90.4 Å². The molecule has 1 aliphatic heterocycles. The Bertz CT molecular complexity index is 1580. The number of allylic oxidation sites excluding steroid dienone is 12. The van der Waals surface area contributed by atoms with E-state index < -0.39 is 14.0 Å². The molecule has 10 nitrogen and oxygen atoms in total. The van der Waals surface area contributed by atoms with E-state index >= 15 is 0 Å². The van der Waals surface area contributed by atoms with Crippen LogP contribution in [0, 0.1) is 6.92 Å². The third-order valence-corrected chi connectivity index (χ3v) is 9.20.